The van der Waals surface area contributed by atoms with Crippen molar-refractivity contribution in [3.05, 3.63) is 12.2 Å². The number of rotatable bonds is 0. The van der Waals surface area contributed by atoms with Crippen molar-refractivity contribution in [2.45, 2.75) is 32.1 Å². The van der Waals surface area contributed by atoms with Crippen molar-refractivity contribution < 1.29 is 17.6 Å². The first-order chi connectivity index (χ1) is 5.96. The second-order valence-electron chi connectivity index (χ2n) is 3.08. The van der Waals surface area contributed by atoms with Gasteiger partial charge in [-0.1, -0.05) is 26.0 Å². The Hall–Kier alpha value is -0.540. The molecule has 2 rings (SSSR count). The topological polar surface area (TPSA) is 0 Å². The van der Waals surface area contributed by atoms with Crippen LogP contribution in [0.25, 0.3) is 0 Å². The lowest BCUT2D eigenvalue weighted by molar-refractivity contribution is -0.213. The van der Waals surface area contributed by atoms with Crippen LogP contribution in [-0.2, 0) is 0 Å². The smallest absolute Gasteiger partial charge is 0.199 e. The molecule has 0 N–H and O–H groups in total. The minimum absolute atomic E-state index is 0.0972. The van der Waals surface area contributed by atoms with Crippen LogP contribution in [0.3, 0.4) is 0 Å². The Balaban J connectivity index is 0.000000396. The van der Waals surface area contributed by atoms with Gasteiger partial charge in [0.05, 0.1) is 0 Å². The third-order valence-electron chi connectivity index (χ3n) is 2.46. The van der Waals surface area contributed by atoms with Gasteiger partial charge < -0.3 is 0 Å². The Morgan fingerprint density at radius 3 is 1.38 bits per heavy atom. The molecule has 0 nitrogen and oxygen atoms in total. The third-order valence-corrected chi connectivity index (χ3v) is 2.46. The molecule has 0 aliphatic heterocycles. The summed E-state index contributed by atoms with van der Waals surface area (Å²) in [7, 11) is 0. The van der Waals surface area contributed by atoms with Crippen molar-refractivity contribution in [3.63, 3.8) is 0 Å². The number of hydrogen-bond donors (Lipinski definition) is 0. The average Bonchev–Trinajstić information content (AvgIpc) is 2.60. The maximum Gasteiger partial charge on any atom is 0.316 e. The first kappa shape index (κ1) is 10.5. The van der Waals surface area contributed by atoms with E-state index in [0.717, 1.165) is 0 Å². The Morgan fingerprint density at radius 1 is 0.923 bits per heavy atom. The maximum atomic E-state index is 12.6. The molecule has 2 bridgehead atoms. The molecule has 76 valence electrons. The Bertz CT molecular complexity index is 198. The van der Waals surface area contributed by atoms with Crippen LogP contribution in [0.5, 0.6) is 0 Å². The Kier molecular flexibility index (Phi) is 2.43. The van der Waals surface area contributed by atoms with Gasteiger partial charge in [0.25, 0.3) is 0 Å². The number of halogens is 4. The highest BCUT2D eigenvalue weighted by atomic mass is 19.3. The molecule has 2 unspecified atom stereocenters. The normalized spacial score (nSPS) is 37.1. The zero-order chi connectivity index (χ0) is 10.3. The van der Waals surface area contributed by atoms with Gasteiger partial charge in [0, 0.05) is 11.8 Å². The predicted octanol–water partition coefficient (Wildman–Crippen LogP) is 3.49. The van der Waals surface area contributed by atoms with Gasteiger partial charge in [-0.05, 0) is 6.42 Å². The van der Waals surface area contributed by atoms with E-state index in [1.165, 1.54) is 12.2 Å². The molecule has 0 aromatic carbocycles. The van der Waals surface area contributed by atoms with Crippen LogP contribution in [0.15, 0.2) is 12.2 Å². The number of hydrogen-bond acceptors (Lipinski definition) is 0. The molecule has 0 radical (unpaired) electrons. The van der Waals surface area contributed by atoms with Crippen molar-refractivity contribution in [2.24, 2.45) is 11.8 Å². The van der Waals surface area contributed by atoms with Crippen LogP contribution < -0.4 is 0 Å². The van der Waals surface area contributed by atoms with E-state index in [1.807, 2.05) is 13.8 Å². The predicted molar refractivity (Wildman–Crippen MR) is 42.0 cm³/mol. The standard InChI is InChI=1S/C7H6F4.C2H6/c8-6(9)4-1-2-5(3-4)7(6,10)11;1-2/h1-2,4-5H,3H2;1-2H3. The fourth-order valence-corrected chi connectivity index (χ4v) is 1.73. The van der Waals surface area contributed by atoms with Crippen molar-refractivity contribution >= 4 is 0 Å². The zero-order valence-corrected chi connectivity index (χ0v) is 7.53. The van der Waals surface area contributed by atoms with Gasteiger partial charge in [0.15, 0.2) is 0 Å². The summed E-state index contributed by atoms with van der Waals surface area (Å²) in [6, 6.07) is 0. The summed E-state index contributed by atoms with van der Waals surface area (Å²) in [5.41, 5.74) is 0. The summed E-state index contributed by atoms with van der Waals surface area (Å²) in [5.74, 6) is -10.1. The van der Waals surface area contributed by atoms with E-state index in [-0.39, 0.29) is 6.42 Å². The van der Waals surface area contributed by atoms with Crippen molar-refractivity contribution in [1.29, 1.82) is 0 Å². The minimum Gasteiger partial charge on any atom is -0.199 e. The van der Waals surface area contributed by atoms with Gasteiger partial charge in [0.2, 0.25) is 0 Å². The zero-order valence-electron chi connectivity index (χ0n) is 7.53. The summed E-state index contributed by atoms with van der Waals surface area (Å²) in [6.07, 6.45) is 2.30. The summed E-state index contributed by atoms with van der Waals surface area (Å²) >= 11 is 0. The minimum atomic E-state index is -3.81. The van der Waals surface area contributed by atoms with Crippen LogP contribution in [0.1, 0.15) is 20.3 Å². The lowest BCUT2D eigenvalue weighted by Gasteiger charge is -2.26. The van der Waals surface area contributed by atoms with Gasteiger partial charge >= 0.3 is 11.8 Å². The summed E-state index contributed by atoms with van der Waals surface area (Å²) in [5, 5.41) is 0. The van der Waals surface area contributed by atoms with Crippen LogP contribution >= 0.6 is 0 Å². The van der Waals surface area contributed by atoms with Crippen molar-refractivity contribution in [3.8, 4) is 0 Å². The lowest BCUT2D eigenvalue weighted by atomic mass is 9.99. The monoisotopic (exact) mass is 196 g/mol. The molecule has 0 aromatic rings. The second kappa shape index (κ2) is 3.00. The Morgan fingerprint density at radius 2 is 1.23 bits per heavy atom. The molecule has 2 atom stereocenters. The van der Waals surface area contributed by atoms with Gasteiger partial charge in [-0.25, -0.2) is 0 Å². The molecule has 0 heterocycles. The van der Waals surface area contributed by atoms with E-state index in [0.29, 0.717) is 0 Å². The molecule has 1 saturated carbocycles. The van der Waals surface area contributed by atoms with Crippen LogP contribution in [0.2, 0.25) is 0 Å². The highest BCUT2D eigenvalue weighted by Crippen LogP contribution is 2.58. The highest BCUT2D eigenvalue weighted by molar-refractivity contribution is 5.21. The van der Waals surface area contributed by atoms with Crippen LogP contribution in [0, 0.1) is 11.8 Å². The summed E-state index contributed by atoms with van der Waals surface area (Å²) in [4.78, 5) is 0. The van der Waals surface area contributed by atoms with E-state index < -0.39 is 23.7 Å². The second-order valence-corrected chi connectivity index (χ2v) is 3.08. The molecule has 1 fully saturated rings. The van der Waals surface area contributed by atoms with E-state index in [1.54, 1.807) is 0 Å². The lowest BCUT2D eigenvalue weighted by Crippen LogP contribution is -2.43. The molecule has 2 aliphatic rings. The molecule has 0 spiro atoms. The molecule has 13 heavy (non-hydrogen) atoms. The highest BCUT2D eigenvalue weighted by Gasteiger charge is 2.71. The molecular weight excluding hydrogens is 184 g/mol. The van der Waals surface area contributed by atoms with E-state index >= 15 is 0 Å². The quantitative estimate of drug-likeness (QED) is 0.411. The summed E-state index contributed by atoms with van der Waals surface area (Å²) < 4.78 is 50.5. The third kappa shape index (κ3) is 1.18. The van der Waals surface area contributed by atoms with Gasteiger partial charge in [-0.2, -0.15) is 17.6 Å². The van der Waals surface area contributed by atoms with Gasteiger partial charge in [-0.3, -0.25) is 0 Å². The fourth-order valence-electron chi connectivity index (χ4n) is 1.73. The largest absolute Gasteiger partial charge is 0.316 e. The van der Waals surface area contributed by atoms with Gasteiger partial charge in [-0.15, -0.1) is 0 Å². The number of allylic oxidation sites excluding steroid dienone is 2. The molecule has 0 aromatic heterocycles. The molecule has 2 aliphatic carbocycles. The maximum absolute atomic E-state index is 12.6. The first-order valence-corrected chi connectivity index (χ1v) is 4.40. The van der Waals surface area contributed by atoms with E-state index in [2.05, 4.69) is 0 Å². The van der Waals surface area contributed by atoms with E-state index in [4.69, 9.17) is 0 Å². The fraction of sp³-hybridized carbons (Fsp3) is 0.778. The van der Waals surface area contributed by atoms with Crippen molar-refractivity contribution in [1.82, 2.24) is 0 Å². The van der Waals surface area contributed by atoms with Gasteiger partial charge in [0.1, 0.15) is 0 Å². The number of fused-ring (bicyclic) bond motifs is 2. The molecule has 0 amide bonds. The molecular formula is C9H12F4. The average molecular weight is 196 g/mol. The first-order valence-electron chi connectivity index (χ1n) is 4.40. The van der Waals surface area contributed by atoms with Crippen LogP contribution in [0.4, 0.5) is 17.6 Å². The Labute approximate surface area is 74.6 Å². The van der Waals surface area contributed by atoms with Crippen molar-refractivity contribution in [2.75, 3.05) is 0 Å². The number of alkyl halides is 4. The summed E-state index contributed by atoms with van der Waals surface area (Å²) in [6.45, 7) is 4.00. The SMILES string of the molecule is CC.FC1(F)C2C=CC(C2)C1(F)F. The van der Waals surface area contributed by atoms with Crippen LogP contribution in [-0.4, -0.2) is 11.8 Å². The molecule has 4 heteroatoms. The molecule has 0 saturated heterocycles. The van der Waals surface area contributed by atoms with E-state index in [9.17, 15) is 17.6 Å².